The van der Waals surface area contributed by atoms with Crippen LogP contribution in [0, 0.1) is 0 Å². The van der Waals surface area contributed by atoms with Crippen molar-refractivity contribution < 1.29 is 4.74 Å². The van der Waals surface area contributed by atoms with Gasteiger partial charge in [0.25, 0.3) is 0 Å². The summed E-state index contributed by atoms with van der Waals surface area (Å²) in [6.07, 6.45) is 0.250. The van der Waals surface area contributed by atoms with Gasteiger partial charge in [-0.1, -0.05) is 13.8 Å². The molecule has 0 spiro atoms. The van der Waals surface area contributed by atoms with Gasteiger partial charge in [-0.25, -0.2) is 4.98 Å². The van der Waals surface area contributed by atoms with E-state index >= 15 is 0 Å². The lowest BCUT2D eigenvalue weighted by Gasteiger charge is -2.27. The molecule has 1 aromatic rings. The highest BCUT2D eigenvalue weighted by atomic mass is 32.1. The predicted molar refractivity (Wildman–Crippen MR) is 69.9 cm³/mol. The minimum absolute atomic E-state index is 0.250. The Kier molecular flexibility index (Phi) is 4.31. The number of hydrogen-bond donors (Lipinski definition) is 1. The van der Waals surface area contributed by atoms with Gasteiger partial charge in [-0.05, 0) is 0 Å². The Labute approximate surface area is 106 Å². The molecule has 96 valence electrons. The zero-order valence-electron chi connectivity index (χ0n) is 10.6. The van der Waals surface area contributed by atoms with E-state index in [1.54, 1.807) is 0 Å². The predicted octanol–water partition coefficient (Wildman–Crippen LogP) is 1.09. The van der Waals surface area contributed by atoms with Crippen LogP contribution in [0.1, 0.15) is 25.6 Å². The number of rotatable bonds is 4. The minimum atomic E-state index is 0.250. The second-order valence-corrected chi connectivity index (χ2v) is 5.40. The molecule has 1 fully saturated rings. The maximum absolute atomic E-state index is 5.68. The van der Waals surface area contributed by atoms with Crippen LogP contribution in [0.5, 0.6) is 0 Å². The van der Waals surface area contributed by atoms with E-state index in [0.29, 0.717) is 5.92 Å². The fourth-order valence-corrected chi connectivity index (χ4v) is 2.51. The fraction of sp³-hybridized carbons (Fsp3) is 0.818. The van der Waals surface area contributed by atoms with E-state index in [0.717, 1.165) is 37.2 Å². The van der Waals surface area contributed by atoms with E-state index in [9.17, 15) is 0 Å². The van der Waals surface area contributed by atoms with E-state index in [2.05, 4.69) is 33.4 Å². The largest absolute Gasteiger partial charge is 0.374 e. The quantitative estimate of drug-likeness (QED) is 0.874. The van der Waals surface area contributed by atoms with Crippen molar-refractivity contribution in [1.82, 2.24) is 14.7 Å². The Balaban J connectivity index is 1.91. The monoisotopic (exact) mass is 256 g/mol. The molecule has 1 atom stereocenters. The van der Waals surface area contributed by atoms with Gasteiger partial charge in [0, 0.05) is 44.1 Å². The number of nitrogens with zero attached hydrogens (tertiary/aromatic N) is 3. The third-order valence-corrected chi connectivity index (χ3v) is 3.60. The van der Waals surface area contributed by atoms with Crippen LogP contribution < -0.4 is 10.2 Å². The lowest BCUT2D eigenvalue weighted by molar-refractivity contribution is 0.0340. The van der Waals surface area contributed by atoms with Crippen LogP contribution in [0.4, 0.5) is 5.13 Å². The average Bonchev–Trinajstić information content (AvgIpc) is 2.79. The van der Waals surface area contributed by atoms with Crippen molar-refractivity contribution in [3.05, 3.63) is 5.82 Å². The Morgan fingerprint density at radius 1 is 1.59 bits per heavy atom. The second-order valence-electron chi connectivity index (χ2n) is 4.67. The van der Waals surface area contributed by atoms with E-state index in [1.165, 1.54) is 11.5 Å². The van der Waals surface area contributed by atoms with Crippen LogP contribution in [-0.2, 0) is 4.74 Å². The fourth-order valence-electron chi connectivity index (χ4n) is 1.74. The Bertz CT molecular complexity index is 349. The molecule has 0 saturated carbocycles. The number of morpholine rings is 1. The van der Waals surface area contributed by atoms with Crippen LogP contribution in [0.15, 0.2) is 0 Å². The smallest absolute Gasteiger partial charge is 0.205 e. The topological polar surface area (TPSA) is 50.3 Å². The standard InChI is InChI=1S/C11H20N4OS/c1-8(2)10-13-11(17-14-10)15(3)7-9-6-12-4-5-16-9/h8-9,12H,4-7H2,1-3H3. The maximum atomic E-state index is 5.68. The molecule has 0 bridgehead atoms. The van der Waals surface area contributed by atoms with Gasteiger partial charge < -0.3 is 15.0 Å². The molecule has 1 N–H and O–H groups in total. The SMILES string of the molecule is CC(C)c1nsc(N(C)CC2CNCCO2)n1. The molecule has 0 amide bonds. The summed E-state index contributed by atoms with van der Waals surface area (Å²) < 4.78 is 10.0. The van der Waals surface area contributed by atoms with Crippen LogP contribution in [-0.4, -0.2) is 48.8 Å². The molecule has 17 heavy (non-hydrogen) atoms. The van der Waals surface area contributed by atoms with Crippen molar-refractivity contribution in [3.8, 4) is 0 Å². The van der Waals surface area contributed by atoms with E-state index < -0.39 is 0 Å². The van der Waals surface area contributed by atoms with Crippen molar-refractivity contribution in [2.24, 2.45) is 0 Å². The van der Waals surface area contributed by atoms with Crippen LogP contribution >= 0.6 is 11.5 Å². The molecule has 6 heteroatoms. The lowest BCUT2D eigenvalue weighted by Crippen LogP contribution is -2.44. The van der Waals surface area contributed by atoms with E-state index in [4.69, 9.17) is 4.74 Å². The van der Waals surface area contributed by atoms with E-state index in [-0.39, 0.29) is 6.10 Å². The highest BCUT2D eigenvalue weighted by molar-refractivity contribution is 7.09. The molecule has 0 aliphatic carbocycles. The molecule has 5 nitrogen and oxygen atoms in total. The summed E-state index contributed by atoms with van der Waals surface area (Å²) in [5.41, 5.74) is 0. The van der Waals surface area contributed by atoms with Crippen LogP contribution in [0.25, 0.3) is 0 Å². The number of likely N-dealkylation sites (N-methyl/N-ethyl adjacent to an activating group) is 1. The van der Waals surface area contributed by atoms with Gasteiger partial charge in [-0.3, -0.25) is 0 Å². The number of ether oxygens (including phenoxy) is 1. The van der Waals surface area contributed by atoms with Crippen molar-refractivity contribution in [2.75, 3.05) is 38.2 Å². The first kappa shape index (κ1) is 12.7. The Morgan fingerprint density at radius 3 is 3.00 bits per heavy atom. The number of hydrogen-bond acceptors (Lipinski definition) is 6. The Morgan fingerprint density at radius 2 is 2.41 bits per heavy atom. The third kappa shape index (κ3) is 3.37. The van der Waals surface area contributed by atoms with Crippen LogP contribution in [0.2, 0.25) is 0 Å². The summed E-state index contributed by atoms with van der Waals surface area (Å²) >= 11 is 1.46. The Hall–Kier alpha value is -0.720. The third-order valence-electron chi connectivity index (χ3n) is 2.76. The summed E-state index contributed by atoms with van der Waals surface area (Å²) in [7, 11) is 2.04. The molecular weight excluding hydrogens is 236 g/mol. The molecular formula is C11H20N4OS. The van der Waals surface area contributed by atoms with Crippen molar-refractivity contribution >= 4 is 16.7 Å². The summed E-state index contributed by atoms with van der Waals surface area (Å²) in [6, 6.07) is 0. The molecule has 1 aliphatic heterocycles. The van der Waals surface area contributed by atoms with Gasteiger partial charge >= 0.3 is 0 Å². The average molecular weight is 256 g/mol. The van der Waals surface area contributed by atoms with Gasteiger partial charge in [0.1, 0.15) is 5.82 Å². The van der Waals surface area contributed by atoms with Crippen molar-refractivity contribution in [2.45, 2.75) is 25.9 Å². The van der Waals surface area contributed by atoms with E-state index in [1.807, 2.05) is 7.05 Å². The second kappa shape index (κ2) is 5.75. The van der Waals surface area contributed by atoms with Crippen molar-refractivity contribution in [3.63, 3.8) is 0 Å². The summed E-state index contributed by atoms with van der Waals surface area (Å²) in [6.45, 7) is 7.75. The molecule has 1 aromatic heterocycles. The number of aromatic nitrogens is 2. The maximum Gasteiger partial charge on any atom is 0.205 e. The highest BCUT2D eigenvalue weighted by Crippen LogP contribution is 2.20. The van der Waals surface area contributed by atoms with Gasteiger partial charge in [-0.2, -0.15) is 4.37 Å². The summed E-state index contributed by atoms with van der Waals surface area (Å²) in [5.74, 6) is 1.32. The molecule has 1 saturated heterocycles. The first-order valence-corrected chi connectivity index (χ1v) is 6.81. The minimum Gasteiger partial charge on any atom is -0.374 e. The summed E-state index contributed by atoms with van der Waals surface area (Å²) in [5, 5.41) is 4.31. The summed E-state index contributed by atoms with van der Waals surface area (Å²) in [4.78, 5) is 6.66. The zero-order valence-corrected chi connectivity index (χ0v) is 11.5. The zero-order chi connectivity index (χ0) is 12.3. The van der Waals surface area contributed by atoms with Gasteiger partial charge in [0.15, 0.2) is 0 Å². The van der Waals surface area contributed by atoms with Gasteiger partial charge in [-0.15, -0.1) is 0 Å². The molecule has 1 aliphatic rings. The first-order chi connectivity index (χ1) is 8.16. The highest BCUT2D eigenvalue weighted by Gasteiger charge is 2.18. The van der Waals surface area contributed by atoms with Crippen LogP contribution in [0.3, 0.4) is 0 Å². The van der Waals surface area contributed by atoms with Gasteiger partial charge in [0.05, 0.1) is 12.7 Å². The molecule has 2 rings (SSSR count). The number of anilines is 1. The molecule has 2 heterocycles. The van der Waals surface area contributed by atoms with Gasteiger partial charge in [0.2, 0.25) is 5.13 Å². The molecule has 0 aromatic carbocycles. The molecule has 1 unspecified atom stereocenters. The normalized spacial score (nSPS) is 20.8. The number of nitrogens with one attached hydrogen (secondary N) is 1. The molecule has 0 radical (unpaired) electrons. The lowest BCUT2D eigenvalue weighted by atomic mass is 10.2. The first-order valence-electron chi connectivity index (χ1n) is 6.04. The van der Waals surface area contributed by atoms with Crippen molar-refractivity contribution in [1.29, 1.82) is 0 Å².